The van der Waals surface area contributed by atoms with Gasteiger partial charge in [-0.3, -0.25) is 4.79 Å². The maximum atomic E-state index is 10.8. The molecule has 0 aliphatic carbocycles. The quantitative estimate of drug-likeness (QED) is 0.647. The van der Waals surface area contributed by atoms with Crippen LogP contribution in [0.2, 0.25) is 0 Å². The maximum Gasteiger partial charge on any atom is 0.316 e. The average Bonchev–Trinajstić information content (AvgIpc) is 2.48. The lowest BCUT2D eigenvalue weighted by Crippen LogP contribution is -2.12. The topological polar surface area (TPSA) is 98.9 Å². The summed E-state index contributed by atoms with van der Waals surface area (Å²) < 4.78 is 0. The largest absolute Gasteiger partial charge is 0.480 e. The summed E-state index contributed by atoms with van der Waals surface area (Å²) in [5.41, 5.74) is 1.37. The third kappa shape index (κ3) is 4.19. The van der Waals surface area contributed by atoms with E-state index in [9.17, 15) is 4.79 Å². The number of nitriles is 1. The molecule has 0 amide bonds. The normalized spacial score (nSPS) is 11.4. The Kier molecular flexibility index (Phi) is 4.74. The lowest BCUT2D eigenvalue weighted by molar-refractivity contribution is -0.136. The van der Waals surface area contributed by atoms with Crippen LogP contribution in [0.3, 0.4) is 0 Å². The number of rotatable bonds is 5. The van der Waals surface area contributed by atoms with Gasteiger partial charge in [0.25, 0.3) is 0 Å². The Morgan fingerprint density at radius 2 is 2.10 bits per heavy atom. The summed E-state index contributed by atoms with van der Waals surface area (Å²) >= 11 is 1.08. The first-order valence-corrected chi connectivity index (χ1v) is 6.96. The number of carbonyl (C=O) groups is 1. The number of nitrogens with zero attached hydrogens (tertiary/aromatic N) is 3. The molecular formula is C14H12N4O2S. The molecule has 2 aromatic rings. The second-order valence-electron chi connectivity index (χ2n) is 4.14. The van der Waals surface area contributed by atoms with E-state index in [1.165, 1.54) is 0 Å². The SMILES string of the molecule is CC(Sc1nccc(Nc2ccc(C#N)cc2)n1)C(=O)O. The van der Waals surface area contributed by atoms with Crippen molar-refractivity contribution in [3.05, 3.63) is 42.1 Å². The van der Waals surface area contributed by atoms with Crippen molar-refractivity contribution in [1.29, 1.82) is 5.26 Å². The molecule has 1 atom stereocenters. The maximum absolute atomic E-state index is 10.8. The van der Waals surface area contributed by atoms with Crippen molar-refractivity contribution >= 4 is 29.2 Å². The second-order valence-corrected chi connectivity index (χ2v) is 5.44. The molecule has 6 nitrogen and oxygen atoms in total. The van der Waals surface area contributed by atoms with E-state index in [1.54, 1.807) is 43.5 Å². The fraction of sp³-hybridized carbons (Fsp3) is 0.143. The molecule has 0 spiro atoms. The molecule has 0 saturated carbocycles. The molecule has 0 aliphatic rings. The molecule has 2 rings (SSSR count). The van der Waals surface area contributed by atoms with Gasteiger partial charge in [-0.25, -0.2) is 9.97 Å². The Bertz CT molecular complexity index is 682. The van der Waals surface area contributed by atoms with Crippen LogP contribution in [0, 0.1) is 11.3 Å². The molecule has 1 heterocycles. The van der Waals surface area contributed by atoms with Crippen LogP contribution in [0.1, 0.15) is 12.5 Å². The second kappa shape index (κ2) is 6.72. The van der Waals surface area contributed by atoms with E-state index in [1.807, 2.05) is 6.07 Å². The number of benzene rings is 1. The van der Waals surface area contributed by atoms with Gasteiger partial charge in [-0.1, -0.05) is 11.8 Å². The molecule has 0 aliphatic heterocycles. The number of aliphatic carboxylic acids is 1. The molecule has 21 heavy (non-hydrogen) atoms. The number of anilines is 2. The summed E-state index contributed by atoms with van der Waals surface area (Å²) in [6, 6.07) is 10.7. The first kappa shape index (κ1) is 14.8. The third-order valence-electron chi connectivity index (χ3n) is 2.55. The zero-order valence-electron chi connectivity index (χ0n) is 11.1. The van der Waals surface area contributed by atoms with Crippen LogP contribution in [-0.4, -0.2) is 26.3 Å². The van der Waals surface area contributed by atoms with Crippen LogP contribution in [0.5, 0.6) is 0 Å². The van der Waals surface area contributed by atoms with E-state index in [0.717, 1.165) is 17.4 Å². The lowest BCUT2D eigenvalue weighted by atomic mass is 10.2. The van der Waals surface area contributed by atoms with Crippen molar-refractivity contribution in [3.8, 4) is 6.07 Å². The van der Waals surface area contributed by atoms with E-state index >= 15 is 0 Å². The van der Waals surface area contributed by atoms with Gasteiger partial charge < -0.3 is 10.4 Å². The fourth-order valence-corrected chi connectivity index (χ4v) is 2.14. The first-order valence-electron chi connectivity index (χ1n) is 6.08. The summed E-state index contributed by atoms with van der Waals surface area (Å²) in [6.07, 6.45) is 1.57. The summed E-state index contributed by atoms with van der Waals surface area (Å²) in [7, 11) is 0. The van der Waals surface area contributed by atoms with E-state index in [2.05, 4.69) is 15.3 Å². The van der Waals surface area contributed by atoms with Crippen molar-refractivity contribution in [3.63, 3.8) is 0 Å². The molecule has 1 aromatic heterocycles. The number of nitrogens with one attached hydrogen (secondary N) is 1. The Labute approximate surface area is 125 Å². The minimum atomic E-state index is -0.908. The predicted octanol–water partition coefficient (Wildman–Crippen LogP) is 2.66. The van der Waals surface area contributed by atoms with Crippen molar-refractivity contribution in [2.24, 2.45) is 0 Å². The lowest BCUT2D eigenvalue weighted by Gasteiger charge is -2.08. The van der Waals surface area contributed by atoms with Gasteiger partial charge in [-0.15, -0.1) is 0 Å². The number of carboxylic acid groups (broad SMARTS) is 1. The fourth-order valence-electron chi connectivity index (χ4n) is 1.45. The highest BCUT2D eigenvalue weighted by atomic mass is 32.2. The van der Waals surface area contributed by atoms with Gasteiger partial charge in [0.2, 0.25) is 0 Å². The first-order chi connectivity index (χ1) is 10.1. The third-order valence-corrected chi connectivity index (χ3v) is 3.51. The molecule has 7 heteroatoms. The van der Waals surface area contributed by atoms with Crippen LogP contribution in [0.4, 0.5) is 11.5 Å². The Hall–Kier alpha value is -2.59. The van der Waals surface area contributed by atoms with E-state index in [-0.39, 0.29) is 0 Å². The van der Waals surface area contributed by atoms with Crippen LogP contribution < -0.4 is 5.32 Å². The van der Waals surface area contributed by atoms with Gasteiger partial charge in [0.05, 0.1) is 11.6 Å². The smallest absolute Gasteiger partial charge is 0.316 e. The zero-order valence-corrected chi connectivity index (χ0v) is 12.0. The van der Waals surface area contributed by atoms with Crippen LogP contribution in [0.25, 0.3) is 0 Å². The van der Waals surface area contributed by atoms with Gasteiger partial charge in [-0.2, -0.15) is 5.26 Å². The van der Waals surface area contributed by atoms with Gasteiger partial charge in [0.15, 0.2) is 5.16 Å². The van der Waals surface area contributed by atoms with Crippen molar-refractivity contribution < 1.29 is 9.90 Å². The number of carboxylic acids is 1. The molecule has 0 radical (unpaired) electrons. The zero-order chi connectivity index (χ0) is 15.2. The van der Waals surface area contributed by atoms with Gasteiger partial charge in [0.1, 0.15) is 11.1 Å². The summed E-state index contributed by atoms with van der Waals surface area (Å²) in [4.78, 5) is 19.1. The van der Waals surface area contributed by atoms with Crippen molar-refractivity contribution in [1.82, 2.24) is 9.97 Å². The van der Waals surface area contributed by atoms with Gasteiger partial charge in [0, 0.05) is 11.9 Å². The minimum absolute atomic E-state index is 0.392. The highest BCUT2D eigenvalue weighted by Gasteiger charge is 2.14. The molecule has 2 N–H and O–H groups in total. The number of hydrogen-bond donors (Lipinski definition) is 2. The Balaban J connectivity index is 2.10. The highest BCUT2D eigenvalue weighted by Crippen LogP contribution is 2.22. The molecule has 0 fully saturated rings. The summed E-state index contributed by atoms with van der Waals surface area (Å²) in [6.45, 7) is 1.58. The van der Waals surface area contributed by atoms with E-state index in [0.29, 0.717) is 16.5 Å². The van der Waals surface area contributed by atoms with Crippen LogP contribution in [-0.2, 0) is 4.79 Å². The Morgan fingerprint density at radius 1 is 1.38 bits per heavy atom. The average molecular weight is 300 g/mol. The number of hydrogen-bond acceptors (Lipinski definition) is 6. The van der Waals surface area contributed by atoms with Crippen LogP contribution in [0.15, 0.2) is 41.7 Å². The van der Waals surface area contributed by atoms with E-state index < -0.39 is 11.2 Å². The molecular weight excluding hydrogens is 288 g/mol. The molecule has 1 unspecified atom stereocenters. The van der Waals surface area contributed by atoms with Gasteiger partial charge >= 0.3 is 5.97 Å². The van der Waals surface area contributed by atoms with Crippen LogP contribution >= 0.6 is 11.8 Å². The minimum Gasteiger partial charge on any atom is -0.480 e. The molecule has 1 aromatic carbocycles. The van der Waals surface area contributed by atoms with Crippen molar-refractivity contribution in [2.75, 3.05) is 5.32 Å². The monoisotopic (exact) mass is 300 g/mol. The molecule has 0 bridgehead atoms. The predicted molar refractivity (Wildman–Crippen MR) is 79.4 cm³/mol. The van der Waals surface area contributed by atoms with Gasteiger partial charge in [-0.05, 0) is 37.3 Å². The number of aromatic nitrogens is 2. The van der Waals surface area contributed by atoms with E-state index in [4.69, 9.17) is 10.4 Å². The summed E-state index contributed by atoms with van der Waals surface area (Å²) in [5, 5.41) is 20.5. The standard InChI is InChI=1S/C14H12N4O2S/c1-9(13(19)20)21-14-16-7-6-12(18-14)17-11-4-2-10(8-15)3-5-11/h2-7,9H,1H3,(H,19,20)(H,16,17,18). The van der Waals surface area contributed by atoms with Crippen molar-refractivity contribution in [2.45, 2.75) is 17.3 Å². The molecule has 106 valence electrons. The highest BCUT2D eigenvalue weighted by molar-refractivity contribution is 8.00. The molecule has 0 saturated heterocycles. The number of thioether (sulfide) groups is 1. The Morgan fingerprint density at radius 3 is 2.71 bits per heavy atom. The summed E-state index contributed by atoms with van der Waals surface area (Å²) in [5.74, 6) is -0.344.